The molecule has 0 aliphatic carbocycles. The summed E-state index contributed by atoms with van der Waals surface area (Å²) < 4.78 is 1.67. The van der Waals surface area contributed by atoms with E-state index in [0.717, 1.165) is 17.8 Å². The van der Waals surface area contributed by atoms with Crippen LogP contribution in [0, 0.1) is 5.92 Å². The van der Waals surface area contributed by atoms with Crippen molar-refractivity contribution in [3.05, 3.63) is 36.9 Å². The topological polar surface area (TPSA) is 59.8 Å². The zero-order valence-electron chi connectivity index (χ0n) is 10.5. The van der Waals surface area contributed by atoms with Crippen LogP contribution < -0.4 is 5.32 Å². The van der Waals surface area contributed by atoms with Gasteiger partial charge in [0.2, 0.25) is 5.91 Å². The van der Waals surface area contributed by atoms with Gasteiger partial charge in [-0.25, -0.2) is 9.67 Å². The molecule has 0 spiro atoms. The zero-order valence-corrected chi connectivity index (χ0v) is 10.5. The van der Waals surface area contributed by atoms with Gasteiger partial charge in [-0.15, -0.1) is 0 Å². The van der Waals surface area contributed by atoms with Crippen molar-refractivity contribution in [1.82, 2.24) is 14.8 Å². The second kappa shape index (κ2) is 5.44. The van der Waals surface area contributed by atoms with E-state index < -0.39 is 0 Å². The molecule has 0 saturated carbocycles. The van der Waals surface area contributed by atoms with Crippen LogP contribution in [0.3, 0.4) is 0 Å². The molecule has 5 nitrogen and oxygen atoms in total. The summed E-state index contributed by atoms with van der Waals surface area (Å²) in [6.45, 7) is 3.91. The number of amides is 1. The standard InChI is InChI=1S/C13H16N4O/c1-3-10(2)13(18)16-11-4-6-12(7-5-11)17-9-14-8-15-17/h4-10H,3H2,1-2H3,(H,16,18). The summed E-state index contributed by atoms with van der Waals surface area (Å²) in [5, 5.41) is 6.92. The number of aromatic nitrogens is 3. The van der Waals surface area contributed by atoms with Crippen molar-refractivity contribution in [2.75, 3.05) is 5.32 Å². The quantitative estimate of drug-likeness (QED) is 0.897. The molecule has 1 unspecified atom stereocenters. The number of carbonyl (C=O) groups is 1. The van der Waals surface area contributed by atoms with Gasteiger partial charge in [-0.1, -0.05) is 13.8 Å². The van der Waals surface area contributed by atoms with Crippen LogP contribution in [0.4, 0.5) is 5.69 Å². The smallest absolute Gasteiger partial charge is 0.227 e. The van der Waals surface area contributed by atoms with Crippen molar-refractivity contribution in [2.45, 2.75) is 20.3 Å². The third-order valence-electron chi connectivity index (χ3n) is 2.88. The summed E-state index contributed by atoms with van der Waals surface area (Å²) in [5.41, 5.74) is 1.71. The third-order valence-corrected chi connectivity index (χ3v) is 2.88. The van der Waals surface area contributed by atoms with Crippen molar-refractivity contribution in [3.8, 4) is 5.69 Å². The molecule has 94 valence electrons. The van der Waals surface area contributed by atoms with Crippen molar-refractivity contribution in [3.63, 3.8) is 0 Å². The van der Waals surface area contributed by atoms with Crippen LogP contribution in [0.1, 0.15) is 20.3 Å². The number of anilines is 1. The van der Waals surface area contributed by atoms with E-state index in [1.807, 2.05) is 38.1 Å². The number of hydrogen-bond acceptors (Lipinski definition) is 3. The van der Waals surface area contributed by atoms with Gasteiger partial charge in [0, 0.05) is 11.6 Å². The molecule has 0 radical (unpaired) electrons. The highest BCUT2D eigenvalue weighted by Gasteiger charge is 2.10. The molecule has 1 aromatic carbocycles. The van der Waals surface area contributed by atoms with E-state index in [2.05, 4.69) is 15.4 Å². The molecule has 2 aromatic rings. The second-order valence-electron chi connectivity index (χ2n) is 4.19. The minimum Gasteiger partial charge on any atom is -0.326 e. The molecule has 1 atom stereocenters. The normalized spacial score (nSPS) is 12.1. The molecule has 5 heteroatoms. The van der Waals surface area contributed by atoms with Crippen molar-refractivity contribution in [2.24, 2.45) is 5.92 Å². The highest BCUT2D eigenvalue weighted by atomic mass is 16.1. The van der Waals surface area contributed by atoms with Crippen LogP contribution in [0.5, 0.6) is 0 Å². The Balaban J connectivity index is 2.06. The fraction of sp³-hybridized carbons (Fsp3) is 0.308. The summed E-state index contributed by atoms with van der Waals surface area (Å²) in [5.74, 6) is 0.0750. The summed E-state index contributed by atoms with van der Waals surface area (Å²) in [7, 11) is 0. The summed E-state index contributed by atoms with van der Waals surface area (Å²) >= 11 is 0. The van der Waals surface area contributed by atoms with Crippen molar-refractivity contribution >= 4 is 11.6 Å². The molecule has 0 bridgehead atoms. The number of benzene rings is 1. The van der Waals surface area contributed by atoms with Crippen LogP contribution in [-0.2, 0) is 4.79 Å². The Bertz CT molecular complexity index is 504. The molecule has 0 fully saturated rings. The molecule has 1 aromatic heterocycles. The number of hydrogen-bond donors (Lipinski definition) is 1. The van der Waals surface area contributed by atoms with Crippen molar-refractivity contribution in [1.29, 1.82) is 0 Å². The van der Waals surface area contributed by atoms with Gasteiger partial charge in [0.25, 0.3) is 0 Å². The molecule has 0 saturated heterocycles. The maximum atomic E-state index is 11.7. The van der Waals surface area contributed by atoms with Gasteiger partial charge in [-0.3, -0.25) is 4.79 Å². The predicted octanol–water partition coefficient (Wildman–Crippen LogP) is 2.25. The maximum Gasteiger partial charge on any atom is 0.227 e. The summed E-state index contributed by atoms with van der Waals surface area (Å²) in [6.07, 6.45) is 3.95. The zero-order chi connectivity index (χ0) is 13.0. The number of rotatable bonds is 4. The molecular weight excluding hydrogens is 228 g/mol. The van der Waals surface area contributed by atoms with E-state index in [0.29, 0.717) is 0 Å². The summed E-state index contributed by atoms with van der Waals surface area (Å²) in [6, 6.07) is 7.50. The second-order valence-corrected chi connectivity index (χ2v) is 4.19. The third kappa shape index (κ3) is 2.74. The SMILES string of the molecule is CCC(C)C(=O)Nc1ccc(-n2cncn2)cc1. The van der Waals surface area contributed by atoms with Gasteiger partial charge in [-0.2, -0.15) is 5.10 Å². The van der Waals surface area contributed by atoms with Crippen LogP contribution >= 0.6 is 0 Å². The number of nitrogens with zero attached hydrogens (tertiary/aromatic N) is 3. The van der Waals surface area contributed by atoms with Crippen LogP contribution in [0.2, 0.25) is 0 Å². The lowest BCUT2D eigenvalue weighted by molar-refractivity contribution is -0.119. The first kappa shape index (κ1) is 12.3. The highest BCUT2D eigenvalue weighted by Crippen LogP contribution is 2.13. The number of carbonyl (C=O) groups excluding carboxylic acids is 1. The first-order valence-corrected chi connectivity index (χ1v) is 5.96. The van der Waals surface area contributed by atoms with Crippen LogP contribution in [0.25, 0.3) is 5.69 Å². The van der Waals surface area contributed by atoms with Crippen LogP contribution in [0.15, 0.2) is 36.9 Å². The lowest BCUT2D eigenvalue weighted by Gasteiger charge is -2.10. The summed E-state index contributed by atoms with van der Waals surface area (Å²) in [4.78, 5) is 15.6. The van der Waals surface area contributed by atoms with Gasteiger partial charge in [-0.05, 0) is 30.7 Å². The fourth-order valence-corrected chi connectivity index (χ4v) is 1.49. The number of nitrogens with one attached hydrogen (secondary N) is 1. The van der Waals surface area contributed by atoms with E-state index in [4.69, 9.17) is 0 Å². The molecular formula is C13H16N4O. The van der Waals surface area contributed by atoms with Gasteiger partial charge in [0.05, 0.1) is 5.69 Å². The lowest BCUT2D eigenvalue weighted by Crippen LogP contribution is -2.19. The van der Waals surface area contributed by atoms with Crippen LogP contribution in [-0.4, -0.2) is 20.7 Å². The van der Waals surface area contributed by atoms with Crippen molar-refractivity contribution < 1.29 is 4.79 Å². The fourth-order valence-electron chi connectivity index (χ4n) is 1.49. The lowest BCUT2D eigenvalue weighted by atomic mass is 10.1. The van der Waals surface area contributed by atoms with Gasteiger partial charge in [0.1, 0.15) is 12.7 Å². The molecule has 1 heterocycles. The van der Waals surface area contributed by atoms with E-state index in [-0.39, 0.29) is 11.8 Å². The first-order valence-electron chi connectivity index (χ1n) is 5.96. The Morgan fingerprint density at radius 2 is 2.11 bits per heavy atom. The van der Waals surface area contributed by atoms with E-state index in [9.17, 15) is 4.79 Å². The largest absolute Gasteiger partial charge is 0.326 e. The van der Waals surface area contributed by atoms with Gasteiger partial charge >= 0.3 is 0 Å². The predicted molar refractivity (Wildman–Crippen MR) is 69.4 cm³/mol. The molecule has 0 aliphatic rings. The Morgan fingerprint density at radius 1 is 1.39 bits per heavy atom. The average Bonchev–Trinajstić information content (AvgIpc) is 2.92. The Hall–Kier alpha value is -2.17. The molecule has 0 aliphatic heterocycles. The first-order chi connectivity index (χ1) is 8.70. The maximum absolute atomic E-state index is 11.7. The van der Waals surface area contributed by atoms with E-state index in [1.165, 1.54) is 6.33 Å². The van der Waals surface area contributed by atoms with Gasteiger partial charge < -0.3 is 5.32 Å². The Kier molecular flexibility index (Phi) is 3.72. The molecule has 1 amide bonds. The molecule has 1 N–H and O–H groups in total. The average molecular weight is 244 g/mol. The van der Waals surface area contributed by atoms with Gasteiger partial charge in [0.15, 0.2) is 0 Å². The minimum absolute atomic E-state index is 0.0278. The monoisotopic (exact) mass is 244 g/mol. The highest BCUT2D eigenvalue weighted by molar-refractivity contribution is 5.92. The minimum atomic E-state index is 0.0278. The molecule has 2 rings (SSSR count). The van der Waals surface area contributed by atoms with E-state index in [1.54, 1.807) is 11.0 Å². The molecule has 18 heavy (non-hydrogen) atoms. The Morgan fingerprint density at radius 3 is 2.67 bits per heavy atom. The Labute approximate surface area is 106 Å². The van der Waals surface area contributed by atoms with E-state index >= 15 is 0 Å².